The molecule has 6 heteroatoms. The van der Waals surface area contributed by atoms with Gasteiger partial charge in [0.25, 0.3) is 5.56 Å². The van der Waals surface area contributed by atoms with Crippen molar-refractivity contribution in [1.29, 1.82) is 0 Å². The van der Waals surface area contributed by atoms with Gasteiger partial charge in [0, 0.05) is 16.8 Å². The molecule has 1 aliphatic heterocycles. The quantitative estimate of drug-likeness (QED) is 0.598. The van der Waals surface area contributed by atoms with E-state index in [9.17, 15) is 4.79 Å². The first-order valence-corrected chi connectivity index (χ1v) is 11.3. The van der Waals surface area contributed by atoms with E-state index < -0.39 is 0 Å². The number of hydrogen-bond donors (Lipinski definition) is 1. The number of methoxy groups -OCH3 is 1. The monoisotopic (exact) mass is 430 g/mol. The van der Waals surface area contributed by atoms with Crippen LogP contribution in [0.2, 0.25) is 0 Å². The van der Waals surface area contributed by atoms with Crippen molar-refractivity contribution in [3.63, 3.8) is 0 Å². The minimum atomic E-state index is -0.382. The third kappa shape index (κ3) is 3.38. The Morgan fingerprint density at radius 2 is 1.75 bits per heavy atom. The average molecular weight is 431 g/mol. The largest absolute Gasteiger partial charge is 0.497 e. The van der Waals surface area contributed by atoms with Crippen LogP contribution in [0.3, 0.4) is 0 Å². The van der Waals surface area contributed by atoms with Crippen molar-refractivity contribution in [2.45, 2.75) is 52.1 Å². The summed E-state index contributed by atoms with van der Waals surface area (Å²) < 4.78 is 7.26. The molecule has 1 aromatic heterocycles. The standard InChI is InChI=1S/C26H30N4O2/c1-25(2,3)18-13-15-26(16-14-18)28-21-8-6-5-7-20(21)23-27-24(31)22(29-30(23)26)17-9-11-19(32-4)12-10-17/h5-12,18,28H,13-16H2,1-4H3. The lowest BCUT2D eigenvalue weighted by Crippen LogP contribution is -2.50. The van der Waals surface area contributed by atoms with Gasteiger partial charge in [-0.25, -0.2) is 4.68 Å². The van der Waals surface area contributed by atoms with Gasteiger partial charge in [-0.1, -0.05) is 32.9 Å². The maximum absolute atomic E-state index is 13.1. The summed E-state index contributed by atoms with van der Waals surface area (Å²) in [5, 5.41) is 8.74. The Bertz CT molecular complexity index is 1200. The molecule has 3 aromatic rings. The topological polar surface area (TPSA) is 69.0 Å². The van der Waals surface area contributed by atoms with Crippen LogP contribution in [0.1, 0.15) is 46.5 Å². The Morgan fingerprint density at radius 3 is 2.41 bits per heavy atom. The van der Waals surface area contributed by atoms with Gasteiger partial charge in [-0.15, -0.1) is 0 Å². The Hall–Kier alpha value is -3.15. The Balaban J connectivity index is 1.64. The van der Waals surface area contributed by atoms with E-state index in [1.165, 1.54) is 0 Å². The summed E-state index contributed by atoms with van der Waals surface area (Å²) in [5.74, 6) is 2.05. The van der Waals surface area contributed by atoms with Crippen LogP contribution in [0.25, 0.3) is 22.6 Å². The van der Waals surface area contributed by atoms with Crippen LogP contribution in [0.5, 0.6) is 5.75 Å². The van der Waals surface area contributed by atoms with Gasteiger partial charge >= 0.3 is 0 Å². The Kier molecular flexibility index (Phi) is 4.84. The van der Waals surface area contributed by atoms with E-state index in [1.807, 2.05) is 47.1 Å². The van der Waals surface area contributed by atoms with Crippen LogP contribution in [0, 0.1) is 11.3 Å². The van der Waals surface area contributed by atoms with Crippen LogP contribution in [-0.4, -0.2) is 21.9 Å². The first kappa shape index (κ1) is 20.7. The fraction of sp³-hybridized carbons (Fsp3) is 0.423. The van der Waals surface area contributed by atoms with E-state index in [0.29, 0.717) is 17.4 Å². The second-order valence-corrected chi connectivity index (χ2v) is 10.1. The molecule has 5 rings (SSSR count). The summed E-state index contributed by atoms with van der Waals surface area (Å²) in [5.41, 5.74) is 2.64. The van der Waals surface area contributed by atoms with Gasteiger partial charge in [0.2, 0.25) is 0 Å². The summed E-state index contributed by atoms with van der Waals surface area (Å²) in [6.45, 7) is 6.98. The average Bonchev–Trinajstić information content (AvgIpc) is 2.79. The van der Waals surface area contributed by atoms with Crippen molar-refractivity contribution < 1.29 is 4.74 Å². The lowest BCUT2D eigenvalue weighted by atomic mass is 9.69. The third-order valence-electron chi connectivity index (χ3n) is 7.15. The first-order valence-electron chi connectivity index (χ1n) is 11.3. The lowest BCUT2D eigenvalue weighted by molar-refractivity contribution is 0.100. The highest BCUT2D eigenvalue weighted by atomic mass is 16.5. The molecule has 32 heavy (non-hydrogen) atoms. The second kappa shape index (κ2) is 7.47. The summed E-state index contributed by atoms with van der Waals surface area (Å²) in [6.07, 6.45) is 4.08. The molecule has 0 atom stereocenters. The fourth-order valence-corrected chi connectivity index (χ4v) is 5.18. The van der Waals surface area contributed by atoms with Crippen molar-refractivity contribution in [3.05, 3.63) is 58.9 Å². The molecule has 0 amide bonds. The molecule has 6 nitrogen and oxygen atoms in total. The Labute approximate surface area is 188 Å². The Morgan fingerprint density at radius 1 is 1.06 bits per heavy atom. The summed E-state index contributed by atoms with van der Waals surface area (Å²) in [4.78, 5) is 17.6. The molecule has 0 unspecified atom stereocenters. The van der Waals surface area contributed by atoms with Gasteiger partial charge in [0.15, 0.2) is 11.5 Å². The zero-order valence-electron chi connectivity index (χ0n) is 19.2. The number of rotatable bonds is 2. The maximum atomic E-state index is 13.1. The number of nitrogens with one attached hydrogen (secondary N) is 1. The number of benzene rings is 2. The number of para-hydroxylation sites is 1. The smallest absolute Gasteiger partial charge is 0.300 e. The van der Waals surface area contributed by atoms with E-state index in [2.05, 4.69) is 37.1 Å². The van der Waals surface area contributed by atoms with Crippen LogP contribution in [0.4, 0.5) is 5.69 Å². The predicted molar refractivity (Wildman–Crippen MR) is 127 cm³/mol. The van der Waals surface area contributed by atoms with E-state index in [4.69, 9.17) is 9.84 Å². The first-order chi connectivity index (χ1) is 15.3. The van der Waals surface area contributed by atoms with E-state index >= 15 is 0 Å². The summed E-state index contributed by atoms with van der Waals surface area (Å²) >= 11 is 0. The molecule has 0 radical (unpaired) electrons. The van der Waals surface area contributed by atoms with E-state index in [-0.39, 0.29) is 16.6 Å². The summed E-state index contributed by atoms with van der Waals surface area (Å²) in [6, 6.07) is 15.5. The number of anilines is 1. The minimum Gasteiger partial charge on any atom is -0.497 e. The molecule has 1 spiro atoms. The number of hydrogen-bond acceptors (Lipinski definition) is 5. The van der Waals surface area contributed by atoms with Gasteiger partial charge < -0.3 is 10.1 Å². The molecule has 1 saturated carbocycles. The molecule has 2 aliphatic rings. The molecular weight excluding hydrogens is 400 g/mol. The molecule has 0 saturated heterocycles. The highest BCUT2D eigenvalue weighted by Gasteiger charge is 2.44. The summed E-state index contributed by atoms with van der Waals surface area (Å²) in [7, 11) is 1.63. The van der Waals surface area contributed by atoms with Crippen LogP contribution in [-0.2, 0) is 5.66 Å². The van der Waals surface area contributed by atoms with Crippen LogP contribution >= 0.6 is 0 Å². The molecule has 1 N–H and O–H groups in total. The van der Waals surface area contributed by atoms with Crippen molar-refractivity contribution in [2.75, 3.05) is 12.4 Å². The van der Waals surface area contributed by atoms with Gasteiger partial charge in [-0.05, 0) is 73.4 Å². The van der Waals surface area contributed by atoms with Gasteiger partial charge in [0.05, 0.1) is 7.11 Å². The van der Waals surface area contributed by atoms with Gasteiger partial charge in [0.1, 0.15) is 11.4 Å². The van der Waals surface area contributed by atoms with Crippen molar-refractivity contribution in [1.82, 2.24) is 14.8 Å². The minimum absolute atomic E-state index is 0.278. The zero-order valence-corrected chi connectivity index (χ0v) is 19.2. The normalized spacial score (nSPS) is 22.1. The predicted octanol–water partition coefficient (Wildman–Crippen LogP) is 5.30. The van der Waals surface area contributed by atoms with Crippen molar-refractivity contribution in [3.8, 4) is 28.4 Å². The maximum Gasteiger partial charge on any atom is 0.300 e. The molecule has 166 valence electrons. The zero-order chi connectivity index (χ0) is 22.5. The SMILES string of the molecule is COc1ccc(-c2nn3c(nc2=O)-c2ccccc2NC32CCC(C(C)(C)C)CC2)cc1. The molecule has 1 aliphatic carbocycles. The fourth-order valence-electron chi connectivity index (χ4n) is 5.18. The van der Waals surface area contributed by atoms with E-state index in [0.717, 1.165) is 48.2 Å². The lowest BCUT2D eigenvalue weighted by Gasteiger charge is -2.48. The molecular formula is C26H30N4O2. The molecule has 1 fully saturated rings. The highest BCUT2D eigenvalue weighted by molar-refractivity contribution is 5.76. The number of nitrogens with zero attached hydrogens (tertiary/aromatic N) is 3. The second-order valence-electron chi connectivity index (χ2n) is 10.1. The molecule has 2 heterocycles. The van der Waals surface area contributed by atoms with Crippen molar-refractivity contribution in [2.24, 2.45) is 11.3 Å². The van der Waals surface area contributed by atoms with E-state index in [1.54, 1.807) is 7.11 Å². The van der Waals surface area contributed by atoms with Gasteiger partial charge in [-0.2, -0.15) is 10.1 Å². The van der Waals surface area contributed by atoms with Gasteiger partial charge in [-0.3, -0.25) is 4.79 Å². The number of ether oxygens (including phenoxy) is 1. The van der Waals surface area contributed by atoms with Crippen molar-refractivity contribution >= 4 is 5.69 Å². The number of fused-ring (bicyclic) bond motifs is 4. The van der Waals surface area contributed by atoms with Crippen LogP contribution < -0.4 is 15.6 Å². The highest BCUT2D eigenvalue weighted by Crippen LogP contribution is 2.48. The molecule has 2 aromatic carbocycles. The molecule has 0 bridgehead atoms. The van der Waals surface area contributed by atoms with Crippen LogP contribution in [0.15, 0.2) is 53.3 Å². The third-order valence-corrected chi connectivity index (χ3v) is 7.15. The number of aromatic nitrogens is 3.